The quantitative estimate of drug-likeness (QED) is 0.587. The summed E-state index contributed by atoms with van der Waals surface area (Å²) in [4.78, 5) is 29.5. The standard InChI is InChI=1S/C26H34F2N4O2/c1-3-6-20-16-31(24(25(30)33)17(2)21-7-4-5-8-22(21)28)13-14-32(20)26(34)23(29)15-18-9-11-19(27)12-10-18/h4-5,7-12,17,20,23-24H,3,6,13-16,29H2,1-2H3,(H2,30,33). The maximum atomic E-state index is 14.4. The molecule has 1 fully saturated rings. The van der Waals surface area contributed by atoms with E-state index in [0.717, 1.165) is 18.4 Å². The van der Waals surface area contributed by atoms with Crippen LogP contribution in [0.1, 0.15) is 43.7 Å². The molecule has 184 valence electrons. The summed E-state index contributed by atoms with van der Waals surface area (Å²) in [6.07, 6.45) is 1.90. The third kappa shape index (κ3) is 5.98. The van der Waals surface area contributed by atoms with E-state index in [0.29, 0.717) is 31.6 Å². The van der Waals surface area contributed by atoms with Crippen LogP contribution in [0.25, 0.3) is 0 Å². The van der Waals surface area contributed by atoms with Gasteiger partial charge in [-0.3, -0.25) is 14.5 Å². The van der Waals surface area contributed by atoms with Crippen molar-refractivity contribution in [3.05, 3.63) is 71.3 Å². The molecular weight excluding hydrogens is 438 g/mol. The minimum Gasteiger partial charge on any atom is -0.368 e. The first-order chi connectivity index (χ1) is 16.2. The fraction of sp³-hybridized carbons (Fsp3) is 0.462. The van der Waals surface area contributed by atoms with E-state index in [1.165, 1.54) is 18.2 Å². The second kappa shape index (κ2) is 11.5. The van der Waals surface area contributed by atoms with Crippen LogP contribution in [0.2, 0.25) is 0 Å². The molecule has 8 heteroatoms. The summed E-state index contributed by atoms with van der Waals surface area (Å²) in [6, 6.07) is 10.8. The van der Waals surface area contributed by atoms with E-state index in [1.807, 2.05) is 11.8 Å². The molecule has 0 saturated carbocycles. The van der Waals surface area contributed by atoms with E-state index < -0.39 is 23.9 Å². The maximum absolute atomic E-state index is 14.4. The average molecular weight is 473 g/mol. The number of nitrogens with zero attached hydrogens (tertiary/aromatic N) is 2. The molecule has 2 aromatic carbocycles. The minimum atomic E-state index is -0.749. The minimum absolute atomic E-state index is 0.139. The number of halogens is 2. The van der Waals surface area contributed by atoms with Gasteiger partial charge in [0.25, 0.3) is 0 Å². The van der Waals surface area contributed by atoms with Gasteiger partial charge in [0.2, 0.25) is 11.8 Å². The fourth-order valence-electron chi connectivity index (χ4n) is 4.93. The third-order valence-corrected chi connectivity index (χ3v) is 6.66. The molecular formula is C26H34F2N4O2. The number of piperazine rings is 1. The zero-order chi connectivity index (χ0) is 24.8. The van der Waals surface area contributed by atoms with Gasteiger partial charge in [-0.25, -0.2) is 8.78 Å². The van der Waals surface area contributed by atoms with Crippen LogP contribution in [0, 0.1) is 11.6 Å². The summed E-state index contributed by atoms with van der Waals surface area (Å²) in [5, 5.41) is 0. The highest BCUT2D eigenvalue weighted by atomic mass is 19.1. The Labute approximate surface area is 199 Å². The summed E-state index contributed by atoms with van der Waals surface area (Å²) in [6.45, 7) is 5.12. The van der Waals surface area contributed by atoms with E-state index >= 15 is 0 Å². The molecule has 1 aliphatic rings. The van der Waals surface area contributed by atoms with Crippen LogP contribution in [-0.4, -0.2) is 59.4 Å². The van der Waals surface area contributed by atoms with Crippen LogP contribution in [0.3, 0.4) is 0 Å². The molecule has 1 saturated heterocycles. The van der Waals surface area contributed by atoms with Crippen molar-refractivity contribution >= 4 is 11.8 Å². The Morgan fingerprint density at radius 3 is 2.38 bits per heavy atom. The van der Waals surface area contributed by atoms with Gasteiger partial charge in [0.1, 0.15) is 11.6 Å². The number of rotatable bonds is 9. The summed E-state index contributed by atoms with van der Waals surface area (Å²) in [5.74, 6) is -1.83. The van der Waals surface area contributed by atoms with E-state index in [9.17, 15) is 18.4 Å². The molecule has 0 aliphatic carbocycles. The highest BCUT2D eigenvalue weighted by Crippen LogP contribution is 2.28. The second-order valence-electron chi connectivity index (χ2n) is 9.06. The van der Waals surface area contributed by atoms with Crippen molar-refractivity contribution in [2.75, 3.05) is 19.6 Å². The Balaban J connectivity index is 1.74. The molecule has 1 aliphatic heterocycles. The monoisotopic (exact) mass is 472 g/mol. The van der Waals surface area contributed by atoms with Crippen molar-refractivity contribution in [2.45, 2.75) is 57.2 Å². The number of hydrogen-bond donors (Lipinski definition) is 2. The van der Waals surface area contributed by atoms with Crippen molar-refractivity contribution < 1.29 is 18.4 Å². The first-order valence-electron chi connectivity index (χ1n) is 11.8. The van der Waals surface area contributed by atoms with Crippen molar-refractivity contribution in [3.8, 4) is 0 Å². The molecule has 0 aromatic heterocycles. The summed E-state index contributed by atoms with van der Waals surface area (Å²) in [5.41, 5.74) is 13.3. The summed E-state index contributed by atoms with van der Waals surface area (Å²) < 4.78 is 27.6. The summed E-state index contributed by atoms with van der Waals surface area (Å²) in [7, 11) is 0. The largest absolute Gasteiger partial charge is 0.368 e. The highest BCUT2D eigenvalue weighted by Gasteiger charge is 2.39. The Morgan fingerprint density at radius 1 is 1.09 bits per heavy atom. The molecule has 0 radical (unpaired) electrons. The normalized spacial score (nSPS) is 19.4. The molecule has 34 heavy (non-hydrogen) atoms. The molecule has 4 N–H and O–H groups in total. The number of primary amides is 1. The topological polar surface area (TPSA) is 92.7 Å². The van der Waals surface area contributed by atoms with Crippen LogP contribution in [0.5, 0.6) is 0 Å². The van der Waals surface area contributed by atoms with Crippen molar-refractivity contribution in [3.63, 3.8) is 0 Å². The van der Waals surface area contributed by atoms with Crippen LogP contribution in [-0.2, 0) is 16.0 Å². The van der Waals surface area contributed by atoms with Crippen molar-refractivity contribution in [2.24, 2.45) is 11.5 Å². The molecule has 2 amide bonds. The Hall–Kier alpha value is -2.84. The van der Waals surface area contributed by atoms with Crippen molar-refractivity contribution in [1.29, 1.82) is 0 Å². The molecule has 0 spiro atoms. The van der Waals surface area contributed by atoms with E-state index in [4.69, 9.17) is 11.5 Å². The molecule has 6 nitrogen and oxygen atoms in total. The molecule has 4 atom stereocenters. The molecule has 3 rings (SSSR count). The number of carbonyl (C=O) groups excluding carboxylic acids is 2. The Kier molecular flexibility index (Phi) is 8.74. The van der Waals surface area contributed by atoms with Crippen LogP contribution in [0.15, 0.2) is 48.5 Å². The lowest BCUT2D eigenvalue weighted by atomic mass is 9.90. The lowest BCUT2D eigenvalue weighted by molar-refractivity contribution is -0.139. The number of benzene rings is 2. The van der Waals surface area contributed by atoms with Crippen LogP contribution >= 0.6 is 0 Å². The number of nitrogens with two attached hydrogens (primary N) is 2. The zero-order valence-electron chi connectivity index (χ0n) is 19.8. The Bertz CT molecular complexity index is 985. The fourth-order valence-corrected chi connectivity index (χ4v) is 4.93. The number of carbonyl (C=O) groups is 2. The highest BCUT2D eigenvalue weighted by molar-refractivity contribution is 5.83. The zero-order valence-corrected chi connectivity index (χ0v) is 19.8. The van der Waals surface area contributed by atoms with Gasteiger partial charge in [0.15, 0.2) is 0 Å². The van der Waals surface area contributed by atoms with Gasteiger partial charge in [-0.2, -0.15) is 0 Å². The molecule has 4 unspecified atom stereocenters. The van der Waals surface area contributed by atoms with E-state index in [2.05, 4.69) is 0 Å². The molecule has 0 bridgehead atoms. The van der Waals surface area contributed by atoms with E-state index in [1.54, 1.807) is 42.2 Å². The first-order valence-corrected chi connectivity index (χ1v) is 11.8. The van der Waals surface area contributed by atoms with Gasteiger partial charge in [-0.05, 0) is 42.2 Å². The van der Waals surface area contributed by atoms with Crippen LogP contribution < -0.4 is 11.5 Å². The lowest BCUT2D eigenvalue weighted by Gasteiger charge is -2.45. The number of hydrogen-bond acceptors (Lipinski definition) is 4. The van der Waals surface area contributed by atoms with Crippen LogP contribution in [0.4, 0.5) is 8.78 Å². The molecule has 2 aromatic rings. The van der Waals surface area contributed by atoms with Gasteiger partial charge in [0, 0.05) is 31.6 Å². The van der Waals surface area contributed by atoms with Gasteiger partial charge >= 0.3 is 0 Å². The predicted octanol–water partition coefficient (Wildman–Crippen LogP) is 2.81. The second-order valence-corrected chi connectivity index (χ2v) is 9.06. The molecule has 1 heterocycles. The first kappa shape index (κ1) is 25.8. The average Bonchev–Trinajstić information content (AvgIpc) is 2.80. The number of amides is 2. The SMILES string of the molecule is CCCC1CN(C(C(N)=O)C(C)c2ccccc2F)CCN1C(=O)C(N)Cc1ccc(F)cc1. The third-order valence-electron chi connectivity index (χ3n) is 6.66. The smallest absolute Gasteiger partial charge is 0.240 e. The maximum Gasteiger partial charge on any atom is 0.240 e. The Morgan fingerprint density at radius 2 is 1.76 bits per heavy atom. The van der Waals surface area contributed by atoms with Gasteiger partial charge in [-0.15, -0.1) is 0 Å². The lowest BCUT2D eigenvalue weighted by Crippen LogP contribution is -2.62. The van der Waals surface area contributed by atoms with Gasteiger partial charge < -0.3 is 16.4 Å². The predicted molar refractivity (Wildman–Crippen MR) is 128 cm³/mol. The van der Waals surface area contributed by atoms with E-state index in [-0.39, 0.29) is 23.6 Å². The summed E-state index contributed by atoms with van der Waals surface area (Å²) >= 11 is 0. The van der Waals surface area contributed by atoms with Crippen molar-refractivity contribution in [1.82, 2.24) is 9.80 Å². The van der Waals surface area contributed by atoms with Gasteiger partial charge in [0.05, 0.1) is 12.1 Å². The van der Waals surface area contributed by atoms with Gasteiger partial charge in [-0.1, -0.05) is 50.6 Å².